The third-order valence-electron chi connectivity index (χ3n) is 5.05. The van der Waals surface area contributed by atoms with E-state index in [1.165, 1.54) is 12.1 Å². The lowest BCUT2D eigenvalue weighted by molar-refractivity contribution is -0.137. The summed E-state index contributed by atoms with van der Waals surface area (Å²) in [6.07, 6.45) is -4.55. The summed E-state index contributed by atoms with van der Waals surface area (Å²) in [4.78, 5) is 26.4. The number of anilines is 3. The van der Waals surface area contributed by atoms with Crippen LogP contribution in [0, 0.1) is 13.8 Å². The monoisotopic (exact) mass is 470 g/mol. The molecule has 0 atom stereocenters. The molecule has 0 aliphatic heterocycles. The van der Waals surface area contributed by atoms with Gasteiger partial charge in [-0.3, -0.25) is 4.90 Å². The SMILES string of the molecule is Cc1ccc(NC(=O)N(CCNC(=O)Nc2ccccc2C)c2cccc(C(F)(F)F)c2)cc1. The average Bonchev–Trinajstić information content (AvgIpc) is 2.79. The summed E-state index contributed by atoms with van der Waals surface area (Å²) in [5.74, 6) is 0. The Kier molecular flexibility index (Phi) is 7.78. The predicted molar refractivity (Wildman–Crippen MR) is 127 cm³/mol. The number of aryl methyl sites for hydroxylation is 2. The molecule has 0 spiro atoms. The van der Waals surface area contributed by atoms with Crippen molar-refractivity contribution in [2.75, 3.05) is 28.6 Å². The first-order valence-electron chi connectivity index (χ1n) is 10.6. The molecule has 178 valence electrons. The van der Waals surface area contributed by atoms with Crippen LogP contribution in [0.15, 0.2) is 72.8 Å². The fraction of sp³-hybridized carbons (Fsp3) is 0.200. The van der Waals surface area contributed by atoms with Crippen molar-refractivity contribution in [3.05, 3.63) is 89.5 Å². The van der Waals surface area contributed by atoms with Crippen molar-refractivity contribution in [3.63, 3.8) is 0 Å². The second-order valence-corrected chi connectivity index (χ2v) is 7.69. The molecule has 0 unspecified atom stereocenters. The van der Waals surface area contributed by atoms with Gasteiger partial charge in [0.15, 0.2) is 0 Å². The average molecular weight is 470 g/mol. The smallest absolute Gasteiger partial charge is 0.336 e. The molecule has 3 aromatic carbocycles. The van der Waals surface area contributed by atoms with Crippen LogP contribution >= 0.6 is 0 Å². The van der Waals surface area contributed by atoms with Gasteiger partial charge in [-0.25, -0.2) is 9.59 Å². The Morgan fingerprint density at radius 1 is 0.882 bits per heavy atom. The number of rotatable bonds is 6. The molecule has 6 nitrogen and oxygen atoms in total. The number of hydrogen-bond donors (Lipinski definition) is 3. The summed E-state index contributed by atoms with van der Waals surface area (Å²) in [6, 6.07) is 17.6. The zero-order valence-electron chi connectivity index (χ0n) is 18.7. The summed E-state index contributed by atoms with van der Waals surface area (Å²) >= 11 is 0. The molecule has 9 heteroatoms. The summed E-state index contributed by atoms with van der Waals surface area (Å²) in [5, 5.41) is 8.03. The Morgan fingerprint density at radius 3 is 2.26 bits per heavy atom. The van der Waals surface area contributed by atoms with E-state index in [4.69, 9.17) is 0 Å². The Morgan fingerprint density at radius 2 is 1.59 bits per heavy atom. The van der Waals surface area contributed by atoms with Gasteiger partial charge in [0.05, 0.1) is 5.56 Å². The van der Waals surface area contributed by atoms with Crippen LogP contribution in [0.2, 0.25) is 0 Å². The predicted octanol–water partition coefficient (Wildman–Crippen LogP) is 6.18. The number of nitrogens with zero attached hydrogens (tertiary/aromatic N) is 1. The Bertz CT molecular complexity index is 1150. The van der Waals surface area contributed by atoms with E-state index in [2.05, 4.69) is 16.0 Å². The molecule has 0 aliphatic carbocycles. The van der Waals surface area contributed by atoms with Crippen molar-refractivity contribution in [1.29, 1.82) is 0 Å². The number of amides is 4. The van der Waals surface area contributed by atoms with Crippen LogP contribution in [-0.2, 0) is 6.18 Å². The van der Waals surface area contributed by atoms with Gasteiger partial charge in [-0.1, -0.05) is 42.0 Å². The van der Waals surface area contributed by atoms with Gasteiger partial charge in [-0.15, -0.1) is 0 Å². The number of urea groups is 2. The highest BCUT2D eigenvalue weighted by molar-refractivity contribution is 6.02. The van der Waals surface area contributed by atoms with E-state index in [-0.39, 0.29) is 18.8 Å². The molecule has 0 heterocycles. The van der Waals surface area contributed by atoms with E-state index < -0.39 is 23.8 Å². The van der Waals surface area contributed by atoms with Gasteiger partial charge in [-0.05, 0) is 55.8 Å². The fourth-order valence-corrected chi connectivity index (χ4v) is 3.19. The molecular weight excluding hydrogens is 445 g/mol. The third-order valence-corrected chi connectivity index (χ3v) is 5.05. The Labute approximate surface area is 195 Å². The number of carbonyl (C=O) groups excluding carboxylic acids is 2. The van der Waals surface area contributed by atoms with Crippen LogP contribution in [0.25, 0.3) is 0 Å². The lowest BCUT2D eigenvalue weighted by atomic mass is 10.2. The molecule has 4 amide bonds. The van der Waals surface area contributed by atoms with Crippen LogP contribution in [0.4, 0.5) is 39.8 Å². The number of alkyl halides is 3. The normalized spacial score (nSPS) is 11.0. The number of halogens is 3. The molecule has 0 radical (unpaired) electrons. The van der Waals surface area contributed by atoms with Gasteiger partial charge in [0.2, 0.25) is 0 Å². The molecule has 3 N–H and O–H groups in total. The summed E-state index contributed by atoms with van der Waals surface area (Å²) in [7, 11) is 0. The van der Waals surface area contributed by atoms with Gasteiger partial charge in [-0.2, -0.15) is 13.2 Å². The van der Waals surface area contributed by atoms with Crippen molar-refractivity contribution >= 4 is 29.1 Å². The maximum Gasteiger partial charge on any atom is 0.416 e. The minimum atomic E-state index is -4.55. The summed E-state index contributed by atoms with van der Waals surface area (Å²) < 4.78 is 39.7. The second-order valence-electron chi connectivity index (χ2n) is 7.69. The second kappa shape index (κ2) is 10.7. The Hall–Kier alpha value is -4.01. The maximum absolute atomic E-state index is 13.2. The quantitative estimate of drug-likeness (QED) is 0.402. The molecular formula is C25H25F3N4O2. The van der Waals surface area contributed by atoms with Crippen molar-refractivity contribution in [2.45, 2.75) is 20.0 Å². The minimum absolute atomic E-state index is 0.00920. The number of hydrogen-bond acceptors (Lipinski definition) is 2. The van der Waals surface area contributed by atoms with Crippen molar-refractivity contribution in [3.8, 4) is 0 Å². The number of nitrogens with one attached hydrogen (secondary N) is 3. The van der Waals surface area contributed by atoms with Gasteiger partial charge in [0.1, 0.15) is 0 Å². The maximum atomic E-state index is 13.2. The van der Waals surface area contributed by atoms with Crippen LogP contribution in [0.5, 0.6) is 0 Å². The molecule has 0 fully saturated rings. The first-order valence-corrected chi connectivity index (χ1v) is 10.6. The van der Waals surface area contributed by atoms with Crippen molar-refractivity contribution < 1.29 is 22.8 Å². The van der Waals surface area contributed by atoms with Gasteiger partial charge in [0, 0.05) is 30.2 Å². The fourth-order valence-electron chi connectivity index (χ4n) is 3.19. The molecule has 0 aromatic heterocycles. The van der Waals surface area contributed by atoms with Gasteiger partial charge < -0.3 is 16.0 Å². The van der Waals surface area contributed by atoms with E-state index in [1.807, 2.05) is 38.1 Å². The first-order chi connectivity index (χ1) is 16.1. The Balaban J connectivity index is 1.73. The number of para-hydroxylation sites is 1. The standard InChI is InChI=1S/C25H25F3N4O2/c1-17-10-12-20(13-11-17)30-24(34)32(21-8-5-7-19(16-21)25(26,27)28)15-14-29-23(33)31-22-9-4-3-6-18(22)2/h3-13,16H,14-15H2,1-2H3,(H,30,34)(H2,29,31,33). The number of carbonyl (C=O) groups is 2. The van der Waals surface area contributed by atoms with Crippen LogP contribution in [-0.4, -0.2) is 25.2 Å². The molecule has 0 saturated heterocycles. The summed E-state index contributed by atoms with van der Waals surface area (Å²) in [6.45, 7) is 3.70. The van der Waals surface area contributed by atoms with E-state index in [1.54, 1.807) is 24.3 Å². The molecule has 0 saturated carbocycles. The van der Waals surface area contributed by atoms with Crippen LogP contribution in [0.1, 0.15) is 16.7 Å². The van der Waals surface area contributed by atoms with Gasteiger partial charge >= 0.3 is 18.2 Å². The molecule has 34 heavy (non-hydrogen) atoms. The lowest BCUT2D eigenvalue weighted by Crippen LogP contribution is -2.42. The van der Waals surface area contributed by atoms with E-state index in [0.29, 0.717) is 11.4 Å². The zero-order valence-corrected chi connectivity index (χ0v) is 18.7. The van der Waals surface area contributed by atoms with E-state index >= 15 is 0 Å². The molecule has 0 bridgehead atoms. The highest BCUT2D eigenvalue weighted by Crippen LogP contribution is 2.31. The van der Waals surface area contributed by atoms with Gasteiger partial charge in [0.25, 0.3) is 0 Å². The van der Waals surface area contributed by atoms with Crippen molar-refractivity contribution in [2.24, 2.45) is 0 Å². The summed E-state index contributed by atoms with van der Waals surface area (Å²) in [5.41, 5.74) is 2.19. The third kappa shape index (κ3) is 6.74. The molecule has 3 rings (SSSR count). The lowest BCUT2D eigenvalue weighted by Gasteiger charge is -2.24. The topological polar surface area (TPSA) is 73.5 Å². The van der Waals surface area contributed by atoms with Crippen molar-refractivity contribution in [1.82, 2.24) is 5.32 Å². The highest BCUT2D eigenvalue weighted by atomic mass is 19.4. The largest absolute Gasteiger partial charge is 0.416 e. The first kappa shape index (κ1) is 24.6. The minimum Gasteiger partial charge on any atom is -0.336 e. The van der Waals surface area contributed by atoms with Crippen LogP contribution < -0.4 is 20.9 Å². The van der Waals surface area contributed by atoms with E-state index in [9.17, 15) is 22.8 Å². The highest BCUT2D eigenvalue weighted by Gasteiger charge is 2.31. The zero-order chi connectivity index (χ0) is 24.7. The molecule has 0 aliphatic rings. The molecule has 3 aromatic rings. The van der Waals surface area contributed by atoms with Crippen LogP contribution in [0.3, 0.4) is 0 Å². The number of benzene rings is 3. The van der Waals surface area contributed by atoms with E-state index in [0.717, 1.165) is 28.2 Å².